The van der Waals surface area contributed by atoms with Crippen LogP contribution in [0.25, 0.3) is 10.9 Å². The zero-order chi connectivity index (χ0) is 20.0. The van der Waals surface area contributed by atoms with E-state index in [-0.39, 0.29) is 5.91 Å². The number of thiazole rings is 1. The van der Waals surface area contributed by atoms with Crippen molar-refractivity contribution in [3.05, 3.63) is 58.4 Å². The lowest BCUT2D eigenvalue weighted by Crippen LogP contribution is -2.11. The molecule has 8 heteroatoms. The van der Waals surface area contributed by atoms with Crippen LogP contribution in [0, 0.1) is 13.8 Å². The van der Waals surface area contributed by atoms with E-state index in [1.165, 1.54) is 24.2 Å². The minimum atomic E-state index is -0.188. The number of H-pyrrole nitrogens is 1. The second kappa shape index (κ2) is 6.97. The zero-order valence-corrected chi connectivity index (χ0v) is 16.9. The van der Waals surface area contributed by atoms with Gasteiger partial charge in [-0.05, 0) is 50.5 Å². The smallest absolute Gasteiger partial charge is 0.267 e. The molecule has 1 amide bonds. The monoisotopic (exact) mass is 404 g/mol. The van der Waals surface area contributed by atoms with Gasteiger partial charge in [0.15, 0.2) is 5.13 Å². The number of anilines is 3. The largest absolute Gasteiger partial charge is 0.320 e. The summed E-state index contributed by atoms with van der Waals surface area (Å²) in [7, 11) is 0. The van der Waals surface area contributed by atoms with Crippen molar-refractivity contribution in [2.45, 2.75) is 32.6 Å². The summed E-state index contributed by atoms with van der Waals surface area (Å²) in [5.74, 6) is 1.16. The highest BCUT2D eigenvalue weighted by atomic mass is 32.1. The zero-order valence-electron chi connectivity index (χ0n) is 16.1. The maximum absolute atomic E-state index is 12.8. The number of benzene rings is 1. The summed E-state index contributed by atoms with van der Waals surface area (Å²) < 4.78 is 0. The second-order valence-electron chi connectivity index (χ2n) is 7.33. The number of amides is 1. The third-order valence-electron chi connectivity index (χ3n) is 5.08. The highest BCUT2D eigenvalue weighted by Crippen LogP contribution is 2.39. The highest BCUT2D eigenvalue weighted by Gasteiger charge is 2.25. The number of rotatable bonds is 5. The molecule has 1 saturated carbocycles. The van der Waals surface area contributed by atoms with Crippen molar-refractivity contribution in [2.75, 3.05) is 10.6 Å². The van der Waals surface area contributed by atoms with Gasteiger partial charge in [0.1, 0.15) is 10.7 Å². The molecule has 0 saturated heterocycles. The molecule has 1 aromatic carbocycles. The summed E-state index contributed by atoms with van der Waals surface area (Å²) in [5.41, 5.74) is 4.63. The number of hydrogen-bond acceptors (Lipinski definition) is 6. The molecule has 1 aliphatic carbocycles. The SMILES string of the molecule is Cc1ccc2n[nH]c(C)c2c1NC(=O)c1cnc(Nc2cccc(C3CC3)n2)s1. The Bertz CT molecular complexity index is 1220. The Kier molecular flexibility index (Phi) is 4.28. The van der Waals surface area contributed by atoms with Crippen molar-refractivity contribution < 1.29 is 4.79 Å². The van der Waals surface area contributed by atoms with Crippen LogP contribution in [0.15, 0.2) is 36.5 Å². The molecule has 3 heterocycles. The summed E-state index contributed by atoms with van der Waals surface area (Å²) in [5, 5.41) is 15.1. The summed E-state index contributed by atoms with van der Waals surface area (Å²) in [6, 6.07) is 9.88. The average Bonchev–Trinajstić information content (AvgIpc) is 3.36. The first kappa shape index (κ1) is 17.8. The van der Waals surface area contributed by atoms with Crippen molar-refractivity contribution in [3.8, 4) is 0 Å². The Hall–Kier alpha value is -3.26. The molecule has 0 aliphatic heterocycles. The molecule has 0 bridgehead atoms. The number of pyridine rings is 1. The highest BCUT2D eigenvalue weighted by molar-refractivity contribution is 7.17. The van der Waals surface area contributed by atoms with Gasteiger partial charge in [0.05, 0.1) is 17.4 Å². The van der Waals surface area contributed by atoms with E-state index in [4.69, 9.17) is 0 Å². The lowest BCUT2D eigenvalue weighted by molar-refractivity contribution is 0.103. The number of nitrogens with zero attached hydrogens (tertiary/aromatic N) is 3. The van der Waals surface area contributed by atoms with Crippen LogP contribution < -0.4 is 10.6 Å². The van der Waals surface area contributed by atoms with E-state index in [2.05, 4.69) is 36.9 Å². The summed E-state index contributed by atoms with van der Waals surface area (Å²) in [4.78, 5) is 22.4. The quantitative estimate of drug-likeness (QED) is 0.439. The molecule has 0 unspecified atom stereocenters. The minimum Gasteiger partial charge on any atom is -0.320 e. The number of carbonyl (C=O) groups excluding carboxylic acids is 1. The molecule has 1 aliphatic rings. The van der Waals surface area contributed by atoms with E-state index >= 15 is 0 Å². The van der Waals surface area contributed by atoms with Gasteiger partial charge in [-0.15, -0.1) is 0 Å². The minimum absolute atomic E-state index is 0.188. The van der Waals surface area contributed by atoms with Crippen LogP contribution in [-0.4, -0.2) is 26.1 Å². The molecule has 0 spiro atoms. The lowest BCUT2D eigenvalue weighted by atomic mass is 10.1. The average molecular weight is 404 g/mol. The molecule has 5 rings (SSSR count). The van der Waals surface area contributed by atoms with Gasteiger partial charge < -0.3 is 10.6 Å². The fourth-order valence-electron chi connectivity index (χ4n) is 3.38. The van der Waals surface area contributed by atoms with Crippen LogP contribution in [0.1, 0.15) is 45.4 Å². The molecule has 0 radical (unpaired) electrons. The van der Waals surface area contributed by atoms with Gasteiger partial charge in [-0.2, -0.15) is 5.10 Å². The molecular weight excluding hydrogens is 384 g/mol. The summed E-state index contributed by atoms with van der Waals surface area (Å²) in [6.07, 6.45) is 4.01. The predicted octanol–water partition coefficient (Wildman–Crippen LogP) is 4.90. The predicted molar refractivity (Wildman–Crippen MR) is 115 cm³/mol. The number of hydrogen-bond donors (Lipinski definition) is 3. The molecule has 7 nitrogen and oxygen atoms in total. The number of nitrogens with one attached hydrogen (secondary N) is 3. The van der Waals surface area contributed by atoms with E-state index in [1.807, 2.05) is 38.1 Å². The Morgan fingerprint density at radius 1 is 1.21 bits per heavy atom. The third-order valence-corrected chi connectivity index (χ3v) is 5.99. The van der Waals surface area contributed by atoms with E-state index in [0.717, 1.165) is 39.4 Å². The van der Waals surface area contributed by atoms with Gasteiger partial charge in [0.2, 0.25) is 0 Å². The standard InChI is InChI=1S/C21H20N6OS/c1-11-6-9-15-18(12(2)26-27-15)19(11)25-20(28)16-10-22-21(29-16)24-17-5-3-4-14(23-17)13-7-8-13/h3-6,9-10,13H,7-8H2,1-2H3,(H,25,28)(H,26,27)(H,22,23,24). The van der Waals surface area contributed by atoms with Crippen LogP contribution in [0.4, 0.5) is 16.6 Å². The van der Waals surface area contributed by atoms with E-state index in [0.29, 0.717) is 15.9 Å². The molecular formula is C21H20N6OS. The molecule has 3 N–H and O–H groups in total. The van der Waals surface area contributed by atoms with Crippen LogP contribution in [0.2, 0.25) is 0 Å². The van der Waals surface area contributed by atoms with Crippen molar-refractivity contribution in [3.63, 3.8) is 0 Å². The first-order valence-corrected chi connectivity index (χ1v) is 10.4. The number of aromatic nitrogens is 4. The van der Waals surface area contributed by atoms with Crippen LogP contribution >= 0.6 is 11.3 Å². The molecule has 0 atom stereocenters. The molecule has 29 heavy (non-hydrogen) atoms. The molecule has 3 aromatic heterocycles. The van der Waals surface area contributed by atoms with Crippen molar-refractivity contribution in [1.29, 1.82) is 0 Å². The van der Waals surface area contributed by atoms with E-state index in [1.54, 1.807) is 6.20 Å². The van der Waals surface area contributed by atoms with Crippen molar-refractivity contribution in [1.82, 2.24) is 20.2 Å². The maximum Gasteiger partial charge on any atom is 0.267 e. The van der Waals surface area contributed by atoms with Crippen molar-refractivity contribution >= 4 is 44.8 Å². The Morgan fingerprint density at radius 2 is 2.07 bits per heavy atom. The first-order chi connectivity index (χ1) is 14.1. The number of carbonyl (C=O) groups is 1. The number of fused-ring (bicyclic) bond motifs is 1. The van der Waals surface area contributed by atoms with Crippen LogP contribution in [0.3, 0.4) is 0 Å². The molecule has 4 aromatic rings. The fraction of sp³-hybridized carbons (Fsp3) is 0.238. The summed E-state index contributed by atoms with van der Waals surface area (Å²) >= 11 is 1.30. The normalized spacial score (nSPS) is 13.6. The topological polar surface area (TPSA) is 95.6 Å². The van der Waals surface area contributed by atoms with Gasteiger partial charge >= 0.3 is 0 Å². The van der Waals surface area contributed by atoms with Gasteiger partial charge in [0.25, 0.3) is 5.91 Å². The lowest BCUT2D eigenvalue weighted by Gasteiger charge is -2.09. The first-order valence-electron chi connectivity index (χ1n) is 9.54. The fourth-order valence-corrected chi connectivity index (χ4v) is 4.10. The number of aryl methyl sites for hydroxylation is 2. The van der Waals surface area contributed by atoms with Gasteiger partial charge in [-0.3, -0.25) is 9.89 Å². The maximum atomic E-state index is 12.8. The summed E-state index contributed by atoms with van der Waals surface area (Å²) in [6.45, 7) is 3.92. The van der Waals surface area contributed by atoms with Gasteiger partial charge in [-0.1, -0.05) is 23.5 Å². The van der Waals surface area contributed by atoms with Crippen LogP contribution in [-0.2, 0) is 0 Å². The van der Waals surface area contributed by atoms with E-state index < -0.39 is 0 Å². The van der Waals surface area contributed by atoms with Crippen LogP contribution in [0.5, 0.6) is 0 Å². The Morgan fingerprint density at radius 3 is 2.90 bits per heavy atom. The second-order valence-corrected chi connectivity index (χ2v) is 8.36. The molecule has 1 fully saturated rings. The third kappa shape index (κ3) is 3.47. The van der Waals surface area contributed by atoms with Gasteiger partial charge in [-0.25, -0.2) is 9.97 Å². The Labute approximate surface area is 171 Å². The van der Waals surface area contributed by atoms with Crippen molar-refractivity contribution in [2.24, 2.45) is 0 Å². The Balaban J connectivity index is 1.36. The number of aromatic amines is 1. The molecule has 146 valence electrons. The van der Waals surface area contributed by atoms with Gasteiger partial charge in [0, 0.05) is 22.7 Å². The van der Waals surface area contributed by atoms with E-state index in [9.17, 15) is 4.79 Å².